The van der Waals surface area contributed by atoms with Crippen molar-refractivity contribution in [3.8, 4) is 11.1 Å². The molecule has 0 N–H and O–H groups in total. The Morgan fingerprint density at radius 1 is 1.03 bits per heavy atom. The van der Waals surface area contributed by atoms with E-state index in [9.17, 15) is 9.59 Å². The fourth-order valence-corrected chi connectivity index (χ4v) is 4.54. The lowest BCUT2D eigenvalue weighted by Crippen LogP contribution is -2.54. The Kier molecular flexibility index (Phi) is 6.25. The molecule has 1 aliphatic heterocycles. The number of benzene rings is 1. The quantitative estimate of drug-likeness (QED) is 0.623. The third-order valence-corrected chi connectivity index (χ3v) is 5.99. The van der Waals surface area contributed by atoms with E-state index in [4.69, 9.17) is 0 Å². The van der Waals surface area contributed by atoms with Crippen molar-refractivity contribution in [1.29, 1.82) is 0 Å². The Hall–Kier alpha value is -3.61. The zero-order valence-corrected chi connectivity index (χ0v) is 18.4. The van der Waals surface area contributed by atoms with Crippen LogP contribution in [0, 0.1) is 5.41 Å². The van der Waals surface area contributed by atoms with Crippen molar-refractivity contribution in [2.45, 2.75) is 19.3 Å². The van der Waals surface area contributed by atoms with Gasteiger partial charge in [-0.2, -0.15) is 0 Å². The molecule has 1 fully saturated rings. The summed E-state index contributed by atoms with van der Waals surface area (Å²) in [5.74, 6) is -0.136. The number of carbonyl (C=O) groups excluding carboxylic acids is 2. The first-order chi connectivity index (χ1) is 15.5. The molecule has 4 rings (SSSR count). The summed E-state index contributed by atoms with van der Waals surface area (Å²) in [6.07, 6.45) is 10.1. The molecule has 0 bridgehead atoms. The number of rotatable bonds is 5. The Bertz CT molecular complexity index is 1090. The average molecular weight is 430 g/mol. The van der Waals surface area contributed by atoms with Gasteiger partial charge in [-0.15, -0.1) is 0 Å². The summed E-state index contributed by atoms with van der Waals surface area (Å²) < 4.78 is 0. The fourth-order valence-electron chi connectivity index (χ4n) is 4.54. The zero-order valence-electron chi connectivity index (χ0n) is 18.4. The third-order valence-electron chi connectivity index (χ3n) is 5.99. The number of piperidine rings is 1. The number of hydrogen-bond donors (Lipinski definition) is 0. The minimum absolute atomic E-state index is 0.0449. The summed E-state index contributed by atoms with van der Waals surface area (Å²) in [7, 11) is 3.56. The Morgan fingerprint density at radius 3 is 2.56 bits per heavy atom. The minimum Gasteiger partial charge on any atom is -0.348 e. The van der Waals surface area contributed by atoms with E-state index in [-0.39, 0.29) is 11.8 Å². The maximum absolute atomic E-state index is 13.4. The first-order valence-electron chi connectivity index (χ1n) is 10.7. The van der Waals surface area contributed by atoms with Gasteiger partial charge in [0.05, 0.1) is 11.6 Å². The topological polar surface area (TPSA) is 79.3 Å². The van der Waals surface area contributed by atoms with Crippen LogP contribution >= 0.6 is 0 Å². The molecule has 0 radical (unpaired) electrons. The van der Waals surface area contributed by atoms with Gasteiger partial charge in [-0.3, -0.25) is 19.6 Å². The molecule has 2 aromatic heterocycles. The second-order valence-corrected chi connectivity index (χ2v) is 8.51. The van der Waals surface area contributed by atoms with Crippen LogP contribution in [0.4, 0.5) is 0 Å². The molecule has 3 aromatic rings. The highest BCUT2D eigenvalue weighted by molar-refractivity contribution is 5.93. The highest BCUT2D eigenvalue weighted by Gasteiger charge is 2.44. The van der Waals surface area contributed by atoms with Crippen molar-refractivity contribution in [1.82, 2.24) is 24.8 Å². The summed E-state index contributed by atoms with van der Waals surface area (Å²) in [5, 5.41) is 0. The van der Waals surface area contributed by atoms with Gasteiger partial charge in [0.25, 0.3) is 5.91 Å². The minimum atomic E-state index is -0.684. The van der Waals surface area contributed by atoms with Crippen molar-refractivity contribution >= 4 is 11.8 Å². The van der Waals surface area contributed by atoms with E-state index in [1.807, 2.05) is 18.2 Å². The lowest BCUT2D eigenvalue weighted by molar-refractivity contribution is -0.142. The number of pyridine rings is 1. The van der Waals surface area contributed by atoms with Crippen molar-refractivity contribution in [3.05, 3.63) is 78.6 Å². The van der Waals surface area contributed by atoms with Crippen molar-refractivity contribution in [2.24, 2.45) is 5.41 Å². The number of amides is 2. The van der Waals surface area contributed by atoms with Crippen molar-refractivity contribution in [3.63, 3.8) is 0 Å². The Labute approximate surface area is 188 Å². The van der Waals surface area contributed by atoms with E-state index in [1.165, 1.54) is 12.4 Å². The van der Waals surface area contributed by atoms with Crippen molar-refractivity contribution < 1.29 is 9.59 Å². The van der Waals surface area contributed by atoms with Crippen LogP contribution < -0.4 is 0 Å². The molecule has 0 aliphatic carbocycles. The highest BCUT2D eigenvalue weighted by atomic mass is 16.2. The molecule has 0 spiro atoms. The molecule has 1 unspecified atom stereocenters. The van der Waals surface area contributed by atoms with E-state index < -0.39 is 5.41 Å². The van der Waals surface area contributed by atoms with Crippen LogP contribution in [-0.2, 0) is 11.2 Å². The predicted octanol–water partition coefficient (Wildman–Crippen LogP) is 3.09. The highest BCUT2D eigenvalue weighted by Crippen LogP contribution is 2.36. The molecule has 1 saturated heterocycles. The summed E-state index contributed by atoms with van der Waals surface area (Å²) in [4.78, 5) is 42.2. The largest absolute Gasteiger partial charge is 0.348 e. The van der Waals surface area contributed by atoms with E-state index in [1.54, 1.807) is 42.5 Å². The van der Waals surface area contributed by atoms with Gasteiger partial charge in [0.2, 0.25) is 5.91 Å². The van der Waals surface area contributed by atoms with Crippen LogP contribution in [0.3, 0.4) is 0 Å². The number of likely N-dealkylation sites (tertiary alicyclic amines) is 1. The molecule has 2 amide bonds. The van der Waals surface area contributed by atoms with Gasteiger partial charge in [0.1, 0.15) is 5.69 Å². The molecule has 1 aliphatic rings. The number of aromatic nitrogens is 3. The van der Waals surface area contributed by atoms with Crippen LogP contribution in [0.2, 0.25) is 0 Å². The SMILES string of the molecule is CN(C)C(=O)C1(Cc2cccc(-c3ccncc3)c2)CCCN(C(=O)c2cnccn2)C1. The molecule has 0 saturated carbocycles. The van der Waals surface area contributed by atoms with E-state index >= 15 is 0 Å². The lowest BCUT2D eigenvalue weighted by Gasteiger charge is -2.43. The number of carbonyl (C=O) groups is 2. The molecule has 1 atom stereocenters. The molecule has 3 heterocycles. The molecular weight excluding hydrogens is 402 g/mol. The fraction of sp³-hybridized carbons (Fsp3) is 0.320. The zero-order chi connectivity index (χ0) is 22.6. The van der Waals surface area contributed by atoms with Crippen LogP contribution in [0.15, 0.2) is 67.4 Å². The molecule has 32 heavy (non-hydrogen) atoms. The van der Waals surface area contributed by atoms with E-state index in [0.717, 1.165) is 29.5 Å². The summed E-state index contributed by atoms with van der Waals surface area (Å²) in [6, 6.07) is 12.2. The lowest BCUT2D eigenvalue weighted by atomic mass is 9.73. The molecular formula is C25H27N5O2. The first-order valence-corrected chi connectivity index (χ1v) is 10.7. The van der Waals surface area contributed by atoms with Gasteiger partial charge in [-0.05, 0) is 48.1 Å². The van der Waals surface area contributed by atoms with Crippen molar-refractivity contribution in [2.75, 3.05) is 27.2 Å². The van der Waals surface area contributed by atoms with Crippen LogP contribution in [0.5, 0.6) is 0 Å². The van der Waals surface area contributed by atoms with Gasteiger partial charge in [0.15, 0.2) is 0 Å². The average Bonchev–Trinajstić information content (AvgIpc) is 2.84. The van der Waals surface area contributed by atoms with E-state index in [2.05, 4.69) is 33.2 Å². The standard InChI is InChI=1S/C25H27N5O2/c1-29(2)24(32)25(9-4-14-30(18-25)23(31)22-17-27-12-13-28-22)16-19-5-3-6-21(15-19)20-7-10-26-11-8-20/h3,5-8,10-13,15,17H,4,9,14,16,18H2,1-2H3. The first kappa shape index (κ1) is 21.6. The second kappa shape index (κ2) is 9.26. The molecule has 7 heteroatoms. The van der Waals surface area contributed by atoms with Gasteiger partial charge in [0, 0.05) is 52.0 Å². The normalized spacial score (nSPS) is 18.2. The molecule has 1 aromatic carbocycles. The monoisotopic (exact) mass is 429 g/mol. The van der Waals surface area contributed by atoms with Gasteiger partial charge >= 0.3 is 0 Å². The van der Waals surface area contributed by atoms with Gasteiger partial charge in [-0.25, -0.2) is 4.98 Å². The summed E-state index contributed by atoms with van der Waals surface area (Å²) in [5.41, 5.74) is 2.86. The van der Waals surface area contributed by atoms with Crippen LogP contribution in [-0.4, -0.2) is 63.8 Å². The maximum atomic E-state index is 13.4. The van der Waals surface area contributed by atoms with Gasteiger partial charge in [-0.1, -0.05) is 24.3 Å². The van der Waals surface area contributed by atoms with Gasteiger partial charge < -0.3 is 9.80 Å². The molecule has 164 valence electrons. The number of hydrogen-bond acceptors (Lipinski definition) is 5. The van der Waals surface area contributed by atoms with Crippen LogP contribution in [0.1, 0.15) is 28.9 Å². The second-order valence-electron chi connectivity index (χ2n) is 8.51. The summed E-state index contributed by atoms with van der Waals surface area (Å²) >= 11 is 0. The van der Waals surface area contributed by atoms with E-state index in [0.29, 0.717) is 25.2 Å². The number of nitrogens with zero attached hydrogens (tertiary/aromatic N) is 5. The maximum Gasteiger partial charge on any atom is 0.274 e. The predicted molar refractivity (Wildman–Crippen MR) is 122 cm³/mol. The molecule has 7 nitrogen and oxygen atoms in total. The third kappa shape index (κ3) is 4.51. The Balaban J connectivity index is 1.64. The smallest absolute Gasteiger partial charge is 0.274 e. The Morgan fingerprint density at radius 2 is 1.84 bits per heavy atom. The summed E-state index contributed by atoms with van der Waals surface area (Å²) in [6.45, 7) is 0.966. The van der Waals surface area contributed by atoms with Crippen LogP contribution in [0.25, 0.3) is 11.1 Å².